The van der Waals surface area contributed by atoms with Crippen molar-refractivity contribution in [1.29, 1.82) is 0 Å². The first-order valence-electron chi connectivity index (χ1n) is 5.10. The molecule has 2 fully saturated rings. The van der Waals surface area contributed by atoms with E-state index in [4.69, 9.17) is 4.74 Å². The molecule has 1 atom stereocenters. The molecule has 0 N–H and O–H groups in total. The van der Waals surface area contributed by atoms with E-state index in [1.807, 2.05) is 6.92 Å². The van der Waals surface area contributed by atoms with E-state index in [2.05, 4.69) is 16.7 Å². The van der Waals surface area contributed by atoms with Crippen molar-refractivity contribution in [2.24, 2.45) is 0 Å². The fourth-order valence-electron chi connectivity index (χ4n) is 2.29. The summed E-state index contributed by atoms with van der Waals surface area (Å²) >= 11 is 0. The smallest absolute Gasteiger partial charge is 0.0651 e. The van der Waals surface area contributed by atoms with Crippen LogP contribution in [-0.4, -0.2) is 36.7 Å². The SMILES string of the molecule is CC#CCN1CCC12CCCOC2. The quantitative estimate of drug-likeness (QED) is 0.562. The molecule has 72 valence electrons. The van der Waals surface area contributed by atoms with E-state index in [1.54, 1.807) is 0 Å². The van der Waals surface area contributed by atoms with Crippen LogP contribution in [0.25, 0.3) is 0 Å². The fourth-order valence-corrected chi connectivity index (χ4v) is 2.29. The van der Waals surface area contributed by atoms with Gasteiger partial charge in [-0.3, -0.25) is 4.90 Å². The Hall–Kier alpha value is -0.520. The van der Waals surface area contributed by atoms with Crippen LogP contribution in [0.2, 0.25) is 0 Å². The maximum Gasteiger partial charge on any atom is 0.0651 e. The fraction of sp³-hybridized carbons (Fsp3) is 0.818. The van der Waals surface area contributed by atoms with Gasteiger partial charge >= 0.3 is 0 Å². The van der Waals surface area contributed by atoms with Crippen LogP contribution in [0.3, 0.4) is 0 Å². The first kappa shape index (κ1) is 9.05. The van der Waals surface area contributed by atoms with Gasteiger partial charge in [-0.25, -0.2) is 0 Å². The first-order chi connectivity index (χ1) is 6.37. The zero-order valence-electron chi connectivity index (χ0n) is 8.31. The van der Waals surface area contributed by atoms with E-state index in [-0.39, 0.29) is 0 Å². The molecule has 2 heterocycles. The molecule has 2 aliphatic rings. The Kier molecular flexibility index (Phi) is 2.57. The molecule has 13 heavy (non-hydrogen) atoms. The van der Waals surface area contributed by atoms with Gasteiger partial charge in [0.1, 0.15) is 0 Å². The highest BCUT2D eigenvalue weighted by molar-refractivity contribution is 5.07. The van der Waals surface area contributed by atoms with Crippen molar-refractivity contribution >= 4 is 0 Å². The van der Waals surface area contributed by atoms with Crippen LogP contribution in [0.1, 0.15) is 26.2 Å². The molecule has 0 radical (unpaired) electrons. The summed E-state index contributed by atoms with van der Waals surface area (Å²) in [5.74, 6) is 6.10. The van der Waals surface area contributed by atoms with Gasteiger partial charge in [-0.15, -0.1) is 5.92 Å². The number of rotatable bonds is 1. The summed E-state index contributed by atoms with van der Waals surface area (Å²) in [6.07, 6.45) is 3.83. The second-order valence-electron chi connectivity index (χ2n) is 3.98. The second-order valence-corrected chi connectivity index (χ2v) is 3.98. The zero-order valence-corrected chi connectivity index (χ0v) is 8.31. The van der Waals surface area contributed by atoms with Crippen LogP contribution in [0.5, 0.6) is 0 Å². The van der Waals surface area contributed by atoms with Crippen molar-refractivity contribution in [3.8, 4) is 11.8 Å². The third-order valence-electron chi connectivity index (χ3n) is 3.27. The summed E-state index contributed by atoms with van der Waals surface area (Å²) in [6, 6.07) is 0. The molecule has 2 rings (SSSR count). The third kappa shape index (κ3) is 1.59. The molecule has 1 spiro atoms. The summed E-state index contributed by atoms with van der Waals surface area (Å²) in [5.41, 5.74) is 0.377. The van der Waals surface area contributed by atoms with Gasteiger partial charge in [0.25, 0.3) is 0 Å². The first-order valence-corrected chi connectivity index (χ1v) is 5.10. The Morgan fingerprint density at radius 2 is 2.38 bits per heavy atom. The molecule has 0 aromatic rings. The summed E-state index contributed by atoms with van der Waals surface area (Å²) in [6.45, 7) is 5.93. The summed E-state index contributed by atoms with van der Waals surface area (Å²) in [4.78, 5) is 2.47. The lowest BCUT2D eigenvalue weighted by atomic mass is 9.80. The average Bonchev–Trinajstić information content (AvgIpc) is 2.18. The summed E-state index contributed by atoms with van der Waals surface area (Å²) < 4.78 is 5.55. The highest BCUT2D eigenvalue weighted by Gasteiger charge is 2.45. The largest absolute Gasteiger partial charge is 0.380 e. The van der Waals surface area contributed by atoms with Crippen molar-refractivity contribution in [3.63, 3.8) is 0 Å². The van der Waals surface area contributed by atoms with Crippen LogP contribution in [-0.2, 0) is 4.74 Å². The molecular formula is C11H17NO. The number of likely N-dealkylation sites (tertiary alicyclic amines) is 1. The lowest BCUT2D eigenvalue weighted by Gasteiger charge is -2.53. The van der Waals surface area contributed by atoms with Crippen molar-refractivity contribution in [2.45, 2.75) is 31.7 Å². The molecule has 2 heteroatoms. The molecule has 0 amide bonds. The van der Waals surface area contributed by atoms with Gasteiger partial charge in [0.2, 0.25) is 0 Å². The molecule has 2 nitrogen and oxygen atoms in total. The number of hydrogen-bond acceptors (Lipinski definition) is 2. The van der Waals surface area contributed by atoms with Gasteiger partial charge < -0.3 is 4.74 Å². The molecule has 0 aromatic carbocycles. The van der Waals surface area contributed by atoms with Gasteiger partial charge in [-0.05, 0) is 26.2 Å². The predicted octanol–water partition coefficient (Wildman–Crippen LogP) is 1.26. The highest BCUT2D eigenvalue weighted by Crippen LogP contribution is 2.37. The van der Waals surface area contributed by atoms with Crippen LogP contribution >= 0.6 is 0 Å². The highest BCUT2D eigenvalue weighted by atomic mass is 16.5. The van der Waals surface area contributed by atoms with Crippen molar-refractivity contribution in [3.05, 3.63) is 0 Å². The van der Waals surface area contributed by atoms with Gasteiger partial charge in [-0.2, -0.15) is 0 Å². The lowest BCUT2D eigenvalue weighted by molar-refractivity contribution is -0.102. The third-order valence-corrected chi connectivity index (χ3v) is 3.27. The Labute approximate surface area is 80.2 Å². The van der Waals surface area contributed by atoms with E-state index in [1.165, 1.54) is 25.8 Å². The second kappa shape index (κ2) is 3.69. The molecular weight excluding hydrogens is 162 g/mol. The van der Waals surface area contributed by atoms with Crippen LogP contribution in [0, 0.1) is 11.8 Å². The Morgan fingerprint density at radius 1 is 1.46 bits per heavy atom. The van der Waals surface area contributed by atoms with E-state index in [0.717, 1.165) is 19.8 Å². The van der Waals surface area contributed by atoms with Gasteiger partial charge in [0.15, 0.2) is 0 Å². The molecule has 2 aliphatic heterocycles. The Morgan fingerprint density at radius 3 is 2.92 bits per heavy atom. The average molecular weight is 179 g/mol. The van der Waals surface area contributed by atoms with Crippen molar-refractivity contribution < 1.29 is 4.74 Å². The summed E-state index contributed by atoms with van der Waals surface area (Å²) in [7, 11) is 0. The van der Waals surface area contributed by atoms with Crippen LogP contribution in [0.15, 0.2) is 0 Å². The predicted molar refractivity (Wildman–Crippen MR) is 52.4 cm³/mol. The Bertz CT molecular complexity index is 232. The molecule has 0 bridgehead atoms. The van der Waals surface area contributed by atoms with Crippen molar-refractivity contribution in [2.75, 3.05) is 26.3 Å². The minimum absolute atomic E-state index is 0.377. The monoisotopic (exact) mass is 179 g/mol. The maximum absolute atomic E-state index is 5.55. The zero-order chi connectivity index (χ0) is 9.15. The maximum atomic E-state index is 5.55. The summed E-state index contributed by atoms with van der Waals surface area (Å²) in [5, 5.41) is 0. The Balaban J connectivity index is 1.93. The normalized spacial score (nSPS) is 33.6. The van der Waals surface area contributed by atoms with E-state index in [9.17, 15) is 0 Å². The van der Waals surface area contributed by atoms with E-state index in [0.29, 0.717) is 5.54 Å². The molecule has 0 aromatic heterocycles. The van der Waals surface area contributed by atoms with Gasteiger partial charge in [0.05, 0.1) is 13.2 Å². The topological polar surface area (TPSA) is 12.5 Å². The lowest BCUT2D eigenvalue weighted by Crippen LogP contribution is -2.63. The van der Waals surface area contributed by atoms with E-state index >= 15 is 0 Å². The molecule has 2 saturated heterocycles. The van der Waals surface area contributed by atoms with Crippen LogP contribution < -0.4 is 0 Å². The standard InChI is InChI=1S/C11H17NO/c1-2-3-7-12-8-6-11(12)5-4-9-13-10-11/h4-10H2,1H3. The minimum atomic E-state index is 0.377. The van der Waals surface area contributed by atoms with Crippen LogP contribution in [0.4, 0.5) is 0 Å². The molecule has 0 saturated carbocycles. The van der Waals surface area contributed by atoms with Gasteiger partial charge in [0, 0.05) is 18.7 Å². The molecule has 1 unspecified atom stereocenters. The number of ether oxygens (including phenoxy) is 1. The van der Waals surface area contributed by atoms with Gasteiger partial charge in [-0.1, -0.05) is 5.92 Å². The van der Waals surface area contributed by atoms with Crippen molar-refractivity contribution in [1.82, 2.24) is 4.90 Å². The molecule has 0 aliphatic carbocycles. The number of nitrogens with zero attached hydrogens (tertiary/aromatic N) is 1. The number of hydrogen-bond donors (Lipinski definition) is 0. The van der Waals surface area contributed by atoms with E-state index < -0.39 is 0 Å². The minimum Gasteiger partial charge on any atom is -0.380 e.